The molecule has 0 rings (SSSR count). The molecule has 0 fully saturated rings. The molecule has 0 heterocycles. The molecule has 0 amide bonds. The predicted octanol–water partition coefficient (Wildman–Crippen LogP) is 1.08. The van der Waals surface area contributed by atoms with Crippen molar-refractivity contribution in [2.45, 2.75) is 0 Å². The van der Waals surface area contributed by atoms with Gasteiger partial charge in [-0.25, -0.2) is 0 Å². The molecule has 0 aliphatic heterocycles. The van der Waals surface area contributed by atoms with E-state index in [1.54, 1.807) is 11.5 Å². The van der Waals surface area contributed by atoms with Crippen molar-refractivity contribution < 1.29 is 14.3 Å². The lowest BCUT2D eigenvalue weighted by Crippen LogP contribution is -2.00. The fraction of sp³-hybridized carbons (Fsp3) is 1.00. The van der Waals surface area contributed by atoms with Crippen LogP contribution in [0.15, 0.2) is 0 Å². The van der Waals surface area contributed by atoms with Crippen molar-refractivity contribution in [2.24, 2.45) is 0 Å². The van der Waals surface area contributed by atoms with Gasteiger partial charge in [0, 0.05) is 7.11 Å². The van der Waals surface area contributed by atoms with Crippen LogP contribution in [0.5, 0.6) is 0 Å². The van der Waals surface area contributed by atoms with Crippen molar-refractivity contribution in [3.8, 4) is 0 Å². The van der Waals surface area contributed by atoms with Gasteiger partial charge in [0.25, 0.3) is 0 Å². The van der Waals surface area contributed by atoms with Gasteiger partial charge < -0.3 is 9.73 Å². The number of rotatable bonds is 3. The Morgan fingerprint density at radius 1 is 1.88 bits per heavy atom. The maximum atomic E-state index is 10.7. The molecule has 0 saturated carbocycles. The third-order valence-electron chi connectivity index (χ3n) is 0.603. The van der Waals surface area contributed by atoms with E-state index in [2.05, 4.69) is 4.52 Å². The summed E-state index contributed by atoms with van der Waals surface area (Å²) in [5, 5.41) is 9.70. The van der Waals surface area contributed by atoms with Crippen LogP contribution in [0.2, 0.25) is 0 Å². The molecule has 0 aromatic rings. The van der Waals surface area contributed by atoms with Gasteiger partial charge in [0.15, 0.2) is 0 Å². The highest BCUT2D eigenvalue weighted by molar-refractivity contribution is 8.55. The first-order chi connectivity index (χ1) is 3.68. The largest absolute Gasteiger partial charge is 0.348 e. The van der Waals surface area contributed by atoms with E-state index in [1.165, 1.54) is 7.11 Å². The molecule has 0 bridgehead atoms. The summed E-state index contributed by atoms with van der Waals surface area (Å²) >= 11 is 0.944. The van der Waals surface area contributed by atoms with Crippen LogP contribution in [-0.4, -0.2) is 18.6 Å². The quantitative estimate of drug-likeness (QED) is 0.474. The zero-order valence-electron chi connectivity index (χ0n) is 4.62. The van der Waals surface area contributed by atoms with Gasteiger partial charge in [-0.05, 0) is 6.26 Å². The molecule has 0 spiro atoms. The average molecular weight is 157 g/mol. The number of nitrogens with one attached hydrogen (secondary N) is 1. The van der Waals surface area contributed by atoms with Crippen molar-refractivity contribution in [1.29, 1.82) is 0 Å². The van der Waals surface area contributed by atoms with Crippen molar-refractivity contribution in [3.05, 3.63) is 0 Å². The zero-order valence-corrected chi connectivity index (χ0v) is 6.33. The lowest BCUT2D eigenvalue weighted by Gasteiger charge is -2.07. The molecule has 1 atom stereocenters. The van der Waals surface area contributed by atoms with E-state index in [4.69, 9.17) is 5.21 Å². The standard InChI is InChI=1S/C2H8NO3PS/c1-6-7(5,3-4)8-2/h4H,1-2H3,(H,3,5). The number of hydrogen-bond acceptors (Lipinski definition) is 4. The van der Waals surface area contributed by atoms with Crippen LogP contribution in [-0.2, 0) is 9.09 Å². The van der Waals surface area contributed by atoms with Crippen LogP contribution in [0, 0.1) is 0 Å². The highest BCUT2D eigenvalue weighted by atomic mass is 32.7. The van der Waals surface area contributed by atoms with E-state index in [9.17, 15) is 4.57 Å². The molecule has 8 heavy (non-hydrogen) atoms. The third-order valence-corrected chi connectivity index (χ3v) is 3.94. The minimum atomic E-state index is -2.94. The van der Waals surface area contributed by atoms with Gasteiger partial charge in [0.1, 0.15) is 0 Å². The van der Waals surface area contributed by atoms with Crippen molar-refractivity contribution in [1.82, 2.24) is 5.25 Å². The summed E-state index contributed by atoms with van der Waals surface area (Å²) < 4.78 is 15.1. The molecule has 50 valence electrons. The Hall–Kier alpha value is 0.460. The summed E-state index contributed by atoms with van der Waals surface area (Å²) in [5.74, 6) is 0. The van der Waals surface area contributed by atoms with Crippen LogP contribution in [0.4, 0.5) is 0 Å². The molecular weight excluding hydrogens is 149 g/mol. The van der Waals surface area contributed by atoms with Crippen molar-refractivity contribution in [3.63, 3.8) is 0 Å². The van der Waals surface area contributed by atoms with E-state index in [-0.39, 0.29) is 0 Å². The van der Waals surface area contributed by atoms with Gasteiger partial charge in [0.2, 0.25) is 0 Å². The molecule has 0 aromatic heterocycles. The first-order valence-electron chi connectivity index (χ1n) is 1.81. The van der Waals surface area contributed by atoms with Gasteiger partial charge in [-0.3, -0.25) is 4.57 Å². The minimum absolute atomic E-state index is 0.944. The molecule has 0 aliphatic rings. The molecule has 1 unspecified atom stereocenters. The smallest absolute Gasteiger partial charge is 0.312 e. The van der Waals surface area contributed by atoms with Crippen LogP contribution < -0.4 is 5.25 Å². The molecule has 0 aliphatic carbocycles. The van der Waals surface area contributed by atoms with Crippen molar-refractivity contribution in [2.75, 3.05) is 13.4 Å². The Morgan fingerprint density at radius 3 is 2.38 bits per heavy atom. The fourth-order valence-electron chi connectivity index (χ4n) is 0.156. The summed E-state index contributed by atoms with van der Waals surface area (Å²) in [4.78, 5) is 0. The van der Waals surface area contributed by atoms with Crippen LogP contribution in [0.3, 0.4) is 0 Å². The third kappa shape index (κ3) is 2.15. The Bertz CT molecular complexity index is 88.4. The second kappa shape index (κ2) is 3.48. The first-order valence-corrected chi connectivity index (χ1v) is 5.27. The van der Waals surface area contributed by atoms with Gasteiger partial charge in [-0.15, -0.1) is 5.25 Å². The molecule has 0 saturated heterocycles. The fourth-order valence-corrected chi connectivity index (χ4v) is 1.16. The predicted molar refractivity (Wildman–Crippen MR) is 33.1 cm³/mol. The summed E-state index contributed by atoms with van der Waals surface area (Å²) in [6.07, 6.45) is 1.58. The summed E-state index contributed by atoms with van der Waals surface area (Å²) in [5.41, 5.74) is 0. The van der Waals surface area contributed by atoms with Crippen molar-refractivity contribution >= 4 is 18.1 Å². The second-order valence-electron chi connectivity index (χ2n) is 0.963. The maximum absolute atomic E-state index is 10.7. The van der Waals surface area contributed by atoms with Gasteiger partial charge in [0.05, 0.1) is 0 Å². The number of hydrogen-bond donors (Lipinski definition) is 2. The highest BCUT2D eigenvalue weighted by Crippen LogP contribution is 2.52. The van der Waals surface area contributed by atoms with E-state index in [0.717, 1.165) is 11.4 Å². The molecule has 0 radical (unpaired) electrons. The molecule has 4 nitrogen and oxygen atoms in total. The SMILES string of the molecule is COP(=O)(NO)SC. The highest BCUT2D eigenvalue weighted by Gasteiger charge is 2.16. The topological polar surface area (TPSA) is 58.6 Å². The maximum Gasteiger partial charge on any atom is 0.348 e. The minimum Gasteiger partial charge on any atom is -0.312 e. The van der Waals surface area contributed by atoms with E-state index < -0.39 is 6.72 Å². The van der Waals surface area contributed by atoms with Crippen LogP contribution in [0.25, 0.3) is 0 Å². The Labute approximate surface area is 51.8 Å². The Morgan fingerprint density at radius 2 is 2.38 bits per heavy atom. The van der Waals surface area contributed by atoms with Gasteiger partial charge in [-0.2, -0.15) is 0 Å². The zero-order chi connectivity index (χ0) is 6.62. The summed E-state index contributed by atoms with van der Waals surface area (Å²) in [6, 6.07) is 0. The van der Waals surface area contributed by atoms with E-state index >= 15 is 0 Å². The van der Waals surface area contributed by atoms with E-state index in [1.807, 2.05) is 0 Å². The molecule has 2 N–H and O–H groups in total. The van der Waals surface area contributed by atoms with Crippen LogP contribution >= 0.6 is 18.1 Å². The molecule has 0 aromatic carbocycles. The summed E-state index contributed by atoms with van der Waals surface area (Å²) in [7, 11) is 1.26. The van der Waals surface area contributed by atoms with Gasteiger partial charge >= 0.3 is 6.72 Å². The Kier molecular flexibility index (Phi) is 3.68. The Balaban J connectivity index is 3.79. The lowest BCUT2D eigenvalue weighted by atomic mass is 11.8. The summed E-state index contributed by atoms with van der Waals surface area (Å²) in [6.45, 7) is -2.94. The van der Waals surface area contributed by atoms with Gasteiger partial charge in [-0.1, -0.05) is 11.4 Å². The monoisotopic (exact) mass is 157 g/mol. The first kappa shape index (κ1) is 8.46. The molecule has 6 heteroatoms. The lowest BCUT2D eigenvalue weighted by molar-refractivity contribution is 0.220. The van der Waals surface area contributed by atoms with Crippen LogP contribution in [0.1, 0.15) is 0 Å². The molecular formula is C2H8NO3PS. The second-order valence-corrected chi connectivity index (χ2v) is 5.43. The average Bonchev–Trinajstić information content (AvgIpc) is 1.87. The normalized spacial score (nSPS) is 17.9. The van der Waals surface area contributed by atoms with E-state index in [0.29, 0.717) is 0 Å².